The summed E-state index contributed by atoms with van der Waals surface area (Å²) in [7, 11) is 1.67. The largest absolute Gasteiger partial charge is 0.573 e. The van der Waals surface area contributed by atoms with Crippen molar-refractivity contribution >= 4 is 5.91 Å². The fourth-order valence-electron chi connectivity index (χ4n) is 1.86. The van der Waals surface area contributed by atoms with Crippen LogP contribution in [0.2, 0.25) is 0 Å². The van der Waals surface area contributed by atoms with Crippen molar-refractivity contribution in [3.63, 3.8) is 0 Å². The van der Waals surface area contributed by atoms with Crippen molar-refractivity contribution in [3.8, 4) is 11.5 Å². The van der Waals surface area contributed by atoms with Crippen LogP contribution in [0.1, 0.15) is 19.4 Å². The first-order valence-corrected chi connectivity index (χ1v) is 7.13. The maximum Gasteiger partial charge on any atom is 0.573 e. The van der Waals surface area contributed by atoms with E-state index >= 15 is 0 Å². The summed E-state index contributed by atoms with van der Waals surface area (Å²) in [5.41, 5.74) is 0.0440. The number of alkyl halides is 3. The van der Waals surface area contributed by atoms with Gasteiger partial charge in [-0.25, -0.2) is 0 Å². The fraction of sp³-hybridized carbons (Fsp3) is 0.533. The lowest BCUT2D eigenvalue weighted by atomic mass is 10.1. The first kappa shape index (κ1) is 19.1. The molecule has 5 nitrogen and oxygen atoms in total. The summed E-state index contributed by atoms with van der Waals surface area (Å²) in [6.07, 6.45) is -4.83. The molecule has 0 atom stereocenters. The summed E-state index contributed by atoms with van der Waals surface area (Å²) >= 11 is 0. The van der Waals surface area contributed by atoms with Crippen molar-refractivity contribution in [1.82, 2.24) is 10.2 Å². The number of rotatable bonds is 7. The molecule has 0 aliphatic carbocycles. The molecule has 23 heavy (non-hydrogen) atoms. The van der Waals surface area contributed by atoms with Crippen molar-refractivity contribution < 1.29 is 27.8 Å². The summed E-state index contributed by atoms with van der Waals surface area (Å²) in [6, 6.07) is 3.73. The first-order chi connectivity index (χ1) is 10.6. The molecular formula is C15H21F3N2O3. The Balaban J connectivity index is 2.67. The third-order valence-electron chi connectivity index (χ3n) is 3.08. The maximum absolute atomic E-state index is 12.4. The minimum absolute atomic E-state index is 0.0440. The van der Waals surface area contributed by atoms with Crippen molar-refractivity contribution in [2.24, 2.45) is 5.92 Å². The zero-order valence-electron chi connectivity index (χ0n) is 13.3. The number of halogens is 3. The number of hydrogen-bond acceptors (Lipinski definition) is 4. The average Bonchev–Trinajstić information content (AvgIpc) is 2.40. The van der Waals surface area contributed by atoms with E-state index in [2.05, 4.69) is 10.1 Å². The van der Waals surface area contributed by atoms with Crippen molar-refractivity contribution in [2.45, 2.75) is 26.8 Å². The van der Waals surface area contributed by atoms with E-state index in [0.29, 0.717) is 13.1 Å². The van der Waals surface area contributed by atoms with Gasteiger partial charge < -0.3 is 20.1 Å². The van der Waals surface area contributed by atoms with Crippen LogP contribution in [-0.4, -0.2) is 42.4 Å². The van der Waals surface area contributed by atoms with Gasteiger partial charge in [-0.1, -0.05) is 19.9 Å². The predicted octanol–water partition coefficient (Wildman–Crippen LogP) is 2.49. The van der Waals surface area contributed by atoms with Gasteiger partial charge in [-0.15, -0.1) is 13.2 Å². The normalized spacial score (nSPS) is 11.8. The number of hydrogen-bond donors (Lipinski definition) is 2. The molecule has 0 unspecified atom stereocenters. The molecule has 1 amide bonds. The zero-order chi connectivity index (χ0) is 17.6. The zero-order valence-corrected chi connectivity index (χ0v) is 13.3. The molecule has 1 aromatic carbocycles. The Kier molecular flexibility index (Phi) is 6.68. The number of phenolic OH excluding ortho intramolecular Hbond substituents is 1. The van der Waals surface area contributed by atoms with Crippen molar-refractivity contribution in [1.29, 1.82) is 0 Å². The summed E-state index contributed by atoms with van der Waals surface area (Å²) < 4.78 is 41.1. The lowest BCUT2D eigenvalue weighted by Gasteiger charge is -2.20. The van der Waals surface area contributed by atoms with Crippen LogP contribution in [0.4, 0.5) is 13.2 Å². The Morgan fingerprint density at radius 3 is 2.61 bits per heavy atom. The van der Waals surface area contributed by atoms with Gasteiger partial charge in [0, 0.05) is 25.6 Å². The summed E-state index contributed by atoms with van der Waals surface area (Å²) in [5.74, 6) is -0.937. The molecule has 0 heterocycles. The number of benzene rings is 1. The Bertz CT molecular complexity index is 533. The Morgan fingerprint density at radius 1 is 1.39 bits per heavy atom. The van der Waals surface area contributed by atoms with Crippen LogP contribution in [0.3, 0.4) is 0 Å². The SMILES string of the molecule is CC(C)C(=O)NCCN(C)Cc1c(O)cccc1OC(F)(F)F. The third-order valence-corrected chi connectivity index (χ3v) is 3.08. The minimum Gasteiger partial charge on any atom is -0.507 e. The first-order valence-electron chi connectivity index (χ1n) is 7.13. The van der Waals surface area contributed by atoms with E-state index < -0.39 is 12.1 Å². The van der Waals surface area contributed by atoms with Crippen LogP contribution in [0.15, 0.2) is 18.2 Å². The van der Waals surface area contributed by atoms with Gasteiger partial charge in [-0.2, -0.15) is 0 Å². The Hall–Kier alpha value is -1.96. The van der Waals surface area contributed by atoms with Crippen LogP contribution in [0.5, 0.6) is 11.5 Å². The molecule has 0 bridgehead atoms. The second-order valence-corrected chi connectivity index (χ2v) is 5.49. The lowest BCUT2D eigenvalue weighted by Crippen LogP contribution is -2.35. The van der Waals surface area contributed by atoms with Gasteiger partial charge in [0.2, 0.25) is 5.91 Å². The van der Waals surface area contributed by atoms with E-state index in [-0.39, 0.29) is 29.7 Å². The highest BCUT2D eigenvalue weighted by Gasteiger charge is 2.32. The van der Waals surface area contributed by atoms with Crippen LogP contribution in [0, 0.1) is 5.92 Å². The summed E-state index contributed by atoms with van der Waals surface area (Å²) in [6.45, 7) is 4.36. The monoisotopic (exact) mass is 334 g/mol. The van der Waals surface area contributed by atoms with Crippen LogP contribution < -0.4 is 10.1 Å². The average molecular weight is 334 g/mol. The van der Waals surface area contributed by atoms with Crippen LogP contribution >= 0.6 is 0 Å². The van der Waals surface area contributed by atoms with Gasteiger partial charge in [0.25, 0.3) is 0 Å². The molecule has 130 valence electrons. The molecule has 0 aliphatic heterocycles. The van der Waals surface area contributed by atoms with E-state index in [1.165, 1.54) is 12.1 Å². The Morgan fingerprint density at radius 2 is 2.04 bits per heavy atom. The van der Waals surface area contributed by atoms with Crippen molar-refractivity contribution in [2.75, 3.05) is 20.1 Å². The molecule has 0 fully saturated rings. The number of nitrogens with zero attached hydrogens (tertiary/aromatic N) is 1. The van der Waals surface area contributed by atoms with Gasteiger partial charge in [0.1, 0.15) is 11.5 Å². The highest BCUT2D eigenvalue weighted by molar-refractivity contribution is 5.77. The molecule has 2 N–H and O–H groups in total. The highest BCUT2D eigenvalue weighted by Crippen LogP contribution is 2.32. The van der Waals surface area contributed by atoms with E-state index in [0.717, 1.165) is 6.07 Å². The van der Waals surface area contributed by atoms with Gasteiger partial charge in [0.05, 0.1) is 5.56 Å². The Labute approximate surface area is 133 Å². The standard InChI is InChI=1S/C15H21F3N2O3/c1-10(2)14(22)19-7-8-20(3)9-11-12(21)5-4-6-13(11)23-15(16,17)18/h4-6,10,21H,7-9H2,1-3H3,(H,19,22). The molecule has 0 radical (unpaired) electrons. The second-order valence-electron chi connectivity index (χ2n) is 5.49. The number of aromatic hydroxyl groups is 1. The number of phenols is 1. The molecule has 0 aromatic heterocycles. The maximum atomic E-state index is 12.4. The second kappa shape index (κ2) is 8.05. The highest BCUT2D eigenvalue weighted by atomic mass is 19.4. The van der Waals surface area contributed by atoms with Gasteiger partial charge in [0.15, 0.2) is 0 Å². The molecule has 8 heteroatoms. The number of likely N-dealkylation sites (N-methyl/N-ethyl adjacent to an activating group) is 1. The molecule has 1 aromatic rings. The molecule has 0 spiro atoms. The smallest absolute Gasteiger partial charge is 0.507 e. The van der Waals surface area contributed by atoms with Crippen LogP contribution in [-0.2, 0) is 11.3 Å². The van der Waals surface area contributed by atoms with E-state index in [1.54, 1.807) is 25.8 Å². The number of nitrogens with one attached hydrogen (secondary N) is 1. The number of amides is 1. The summed E-state index contributed by atoms with van der Waals surface area (Å²) in [4.78, 5) is 13.1. The van der Waals surface area contributed by atoms with Gasteiger partial charge >= 0.3 is 6.36 Å². The number of carbonyl (C=O) groups is 1. The molecular weight excluding hydrogens is 313 g/mol. The van der Waals surface area contributed by atoms with E-state index in [4.69, 9.17) is 0 Å². The number of ether oxygens (including phenoxy) is 1. The molecule has 1 rings (SSSR count). The predicted molar refractivity (Wildman–Crippen MR) is 79.0 cm³/mol. The van der Waals surface area contributed by atoms with Crippen LogP contribution in [0.25, 0.3) is 0 Å². The summed E-state index contributed by atoms with van der Waals surface area (Å²) in [5, 5.41) is 12.5. The topological polar surface area (TPSA) is 61.8 Å². The quantitative estimate of drug-likeness (QED) is 0.804. The van der Waals surface area contributed by atoms with Crippen molar-refractivity contribution in [3.05, 3.63) is 23.8 Å². The molecule has 0 aliphatic rings. The minimum atomic E-state index is -4.83. The third kappa shape index (κ3) is 6.77. The van der Waals surface area contributed by atoms with Gasteiger partial charge in [-0.05, 0) is 19.2 Å². The number of carbonyl (C=O) groups excluding carboxylic acids is 1. The lowest BCUT2D eigenvalue weighted by molar-refractivity contribution is -0.275. The van der Waals surface area contributed by atoms with Gasteiger partial charge in [-0.3, -0.25) is 4.79 Å². The fourth-order valence-corrected chi connectivity index (χ4v) is 1.86. The van der Waals surface area contributed by atoms with E-state index in [9.17, 15) is 23.1 Å². The molecule has 0 saturated heterocycles. The molecule has 0 saturated carbocycles. The van der Waals surface area contributed by atoms with E-state index in [1.807, 2.05) is 0 Å².